The summed E-state index contributed by atoms with van der Waals surface area (Å²) in [4.78, 5) is 20.2. The maximum atomic E-state index is 11.5. The van der Waals surface area contributed by atoms with Gasteiger partial charge in [-0.3, -0.25) is 9.78 Å². The second kappa shape index (κ2) is 6.81. The zero-order chi connectivity index (χ0) is 16.1. The molecule has 0 radical (unpaired) electrons. The van der Waals surface area contributed by atoms with Gasteiger partial charge in [-0.2, -0.15) is 5.26 Å². The molecule has 0 saturated carbocycles. The summed E-state index contributed by atoms with van der Waals surface area (Å²) >= 11 is 1.53. The standard InChI is InChI=1S/C17H12N4OS/c18-7-6-16(22)20-14-5-1-3-12(9-14)17-21-15(11-23-17)13-4-2-8-19-10-13/h1-5,8-11H,6H2,(H,20,22). The maximum Gasteiger partial charge on any atom is 0.238 e. The normalized spacial score (nSPS) is 10.0. The van der Waals surface area contributed by atoms with Crippen molar-refractivity contribution < 1.29 is 4.79 Å². The number of benzene rings is 1. The summed E-state index contributed by atoms with van der Waals surface area (Å²) in [5.74, 6) is -0.320. The van der Waals surface area contributed by atoms with Crippen LogP contribution < -0.4 is 5.32 Å². The number of nitrogens with one attached hydrogen (secondary N) is 1. The van der Waals surface area contributed by atoms with Crippen LogP contribution in [0, 0.1) is 11.3 Å². The van der Waals surface area contributed by atoms with E-state index in [9.17, 15) is 4.79 Å². The van der Waals surface area contributed by atoms with Crippen molar-refractivity contribution in [2.24, 2.45) is 0 Å². The number of rotatable bonds is 4. The summed E-state index contributed by atoms with van der Waals surface area (Å²) in [7, 11) is 0. The molecule has 0 bridgehead atoms. The van der Waals surface area contributed by atoms with Crippen LogP contribution in [0.1, 0.15) is 6.42 Å². The molecule has 5 nitrogen and oxygen atoms in total. The smallest absolute Gasteiger partial charge is 0.238 e. The molecule has 3 rings (SSSR count). The van der Waals surface area contributed by atoms with Crippen LogP contribution in [-0.4, -0.2) is 15.9 Å². The predicted molar refractivity (Wildman–Crippen MR) is 89.6 cm³/mol. The summed E-state index contributed by atoms with van der Waals surface area (Å²) in [6.45, 7) is 0. The maximum absolute atomic E-state index is 11.5. The zero-order valence-electron chi connectivity index (χ0n) is 12.1. The van der Waals surface area contributed by atoms with Gasteiger partial charge < -0.3 is 5.32 Å². The molecule has 2 aromatic heterocycles. The van der Waals surface area contributed by atoms with Crippen molar-refractivity contribution in [1.29, 1.82) is 5.26 Å². The summed E-state index contributed by atoms with van der Waals surface area (Å²) in [5, 5.41) is 14.1. The molecule has 0 spiro atoms. The van der Waals surface area contributed by atoms with E-state index in [-0.39, 0.29) is 12.3 Å². The van der Waals surface area contributed by atoms with Crippen molar-refractivity contribution in [3.63, 3.8) is 0 Å². The molecular formula is C17H12N4OS. The van der Waals surface area contributed by atoms with Crippen LogP contribution in [0.4, 0.5) is 5.69 Å². The van der Waals surface area contributed by atoms with Gasteiger partial charge in [0.15, 0.2) is 0 Å². The average molecular weight is 320 g/mol. The molecule has 0 atom stereocenters. The molecule has 0 aliphatic carbocycles. The minimum atomic E-state index is -0.320. The Bertz CT molecular complexity index is 868. The van der Waals surface area contributed by atoms with E-state index >= 15 is 0 Å². The summed E-state index contributed by atoms with van der Waals surface area (Å²) < 4.78 is 0. The Balaban J connectivity index is 1.84. The Hall–Kier alpha value is -3.04. The van der Waals surface area contributed by atoms with Crippen molar-refractivity contribution in [3.8, 4) is 27.9 Å². The van der Waals surface area contributed by atoms with Gasteiger partial charge in [-0.05, 0) is 24.3 Å². The van der Waals surface area contributed by atoms with E-state index in [1.54, 1.807) is 18.5 Å². The second-order valence-electron chi connectivity index (χ2n) is 4.74. The third-order valence-electron chi connectivity index (χ3n) is 3.09. The Morgan fingerprint density at radius 2 is 2.13 bits per heavy atom. The fraction of sp³-hybridized carbons (Fsp3) is 0.0588. The van der Waals surface area contributed by atoms with Gasteiger partial charge in [-0.15, -0.1) is 11.3 Å². The molecule has 1 amide bonds. The number of hydrogen-bond acceptors (Lipinski definition) is 5. The van der Waals surface area contributed by atoms with E-state index in [1.807, 2.05) is 41.8 Å². The van der Waals surface area contributed by atoms with Gasteiger partial charge in [0.25, 0.3) is 0 Å². The fourth-order valence-electron chi connectivity index (χ4n) is 2.06. The molecular weight excluding hydrogens is 308 g/mol. The predicted octanol–water partition coefficient (Wildman–Crippen LogP) is 3.72. The molecule has 0 aliphatic rings. The number of aromatic nitrogens is 2. The Morgan fingerprint density at radius 3 is 2.91 bits per heavy atom. The number of pyridine rings is 1. The zero-order valence-corrected chi connectivity index (χ0v) is 12.9. The molecule has 0 fully saturated rings. The van der Waals surface area contributed by atoms with Crippen LogP contribution in [0.5, 0.6) is 0 Å². The van der Waals surface area contributed by atoms with Crippen LogP contribution in [0.2, 0.25) is 0 Å². The minimum Gasteiger partial charge on any atom is -0.325 e. The van der Waals surface area contributed by atoms with E-state index < -0.39 is 0 Å². The van der Waals surface area contributed by atoms with Gasteiger partial charge in [-0.1, -0.05) is 12.1 Å². The van der Waals surface area contributed by atoms with E-state index in [2.05, 4.69) is 15.3 Å². The summed E-state index contributed by atoms with van der Waals surface area (Å²) in [5.41, 5.74) is 3.41. The third-order valence-corrected chi connectivity index (χ3v) is 3.99. The van der Waals surface area contributed by atoms with Gasteiger partial charge in [0, 0.05) is 34.6 Å². The number of nitrogens with zero attached hydrogens (tertiary/aromatic N) is 3. The minimum absolute atomic E-state index is 0.160. The van der Waals surface area contributed by atoms with Crippen LogP contribution in [0.15, 0.2) is 54.2 Å². The lowest BCUT2D eigenvalue weighted by atomic mass is 10.2. The highest BCUT2D eigenvalue weighted by Crippen LogP contribution is 2.29. The molecule has 112 valence electrons. The molecule has 1 N–H and O–H groups in total. The molecule has 6 heteroatoms. The van der Waals surface area contributed by atoms with E-state index in [1.165, 1.54) is 11.3 Å². The highest BCUT2D eigenvalue weighted by atomic mass is 32.1. The molecule has 1 aromatic carbocycles. The van der Waals surface area contributed by atoms with Crippen LogP contribution in [0.25, 0.3) is 21.8 Å². The van der Waals surface area contributed by atoms with Gasteiger partial charge in [0.2, 0.25) is 5.91 Å². The first kappa shape index (κ1) is 14.9. The van der Waals surface area contributed by atoms with Crippen molar-refractivity contribution in [2.75, 3.05) is 5.32 Å². The second-order valence-corrected chi connectivity index (χ2v) is 5.60. The summed E-state index contributed by atoms with van der Waals surface area (Å²) in [6.07, 6.45) is 3.34. The lowest BCUT2D eigenvalue weighted by Crippen LogP contribution is -2.09. The van der Waals surface area contributed by atoms with Crippen molar-refractivity contribution in [3.05, 3.63) is 54.2 Å². The highest BCUT2D eigenvalue weighted by molar-refractivity contribution is 7.13. The van der Waals surface area contributed by atoms with Gasteiger partial charge in [0.05, 0.1) is 11.8 Å². The number of carbonyl (C=O) groups is 1. The van der Waals surface area contributed by atoms with Crippen LogP contribution >= 0.6 is 11.3 Å². The van der Waals surface area contributed by atoms with Gasteiger partial charge in [0.1, 0.15) is 11.4 Å². The van der Waals surface area contributed by atoms with Crippen molar-refractivity contribution >= 4 is 22.9 Å². The number of anilines is 1. The first-order chi connectivity index (χ1) is 11.3. The molecule has 0 saturated heterocycles. The van der Waals surface area contributed by atoms with Gasteiger partial charge >= 0.3 is 0 Å². The number of amides is 1. The van der Waals surface area contributed by atoms with Gasteiger partial charge in [-0.25, -0.2) is 4.98 Å². The highest BCUT2D eigenvalue weighted by Gasteiger charge is 2.08. The summed E-state index contributed by atoms with van der Waals surface area (Å²) in [6, 6.07) is 13.1. The third kappa shape index (κ3) is 3.59. The first-order valence-electron chi connectivity index (χ1n) is 6.89. The van der Waals surface area contributed by atoms with E-state index in [0.717, 1.165) is 21.8 Å². The first-order valence-corrected chi connectivity index (χ1v) is 7.77. The topological polar surface area (TPSA) is 78.7 Å². The Morgan fingerprint density at radius 1 is 1.26 bits per heavy atom. The van der Waals surface area contributed by atoms with E-state index in [0.29, 0.717) is 5.69 Å². The largest absolute Gasteiger partial charge is 0.325 e. The fourth-order valence-corrected chi connectivity index (χ4v) is 2.89. The number of nitriles is 1. The SMILES string of the molecule is N#CCC(=O)Nc1cccc(-c2nc(-c3cccnc3)cs2)c1. The Labute approximate surface area is 137 Å². The number of thiazole rings is 1. The molecule has 2 heterocycles. The molecule has 3 aromatic rings. The van der Waals surface area contributed by atoms with Crippen molar-refractivity contribution in [1.82, 2.24) is 9.97 Å². The Kier molecular flexibility index (Phi) is 4.41. The molecule has 0 aliphatic heterocycles. The molecule has 0 unspecified atom stereocenters. The van der Waals surface area contributed by atoms with E-state index in [4.69, 9.17) is 5.26 Å². The number of hydrogen-bond donors (Lipinski definition) is 1. The molecule has 23 heavy (non-hydrogen) atoms. The van der Waals surface area contributed by atoms with Crippen molar-refractivity contribution in [2.45, 2.75) is 6.42 Å². The lowest BCUT2D eigenvalue weighted by Gasteiger charge is -2.04. The number of carbonyl (C=O) groups excluding carboxylic acids is 1. The quantitative estimate of drug-likeness (QED) is 0.794. The van der Waals surface area contributed by atoms with Crippen LogP contribution in [-0.2, 0) is 4.79 Å². The van der Waals surface area contributed by atoms with Crippen LogP contribution in [0.3, 0.4) is 0 Å². The monoisotopic (exact) mass is 320 g/mol. The lowest BCUT2D eigenvalue weighted by molar-refractivity contribution is -0.115. The average Bonchev–Trinajstić information content (AvgIpc) is 3.06.